The molecule has 1 N–H and O–H groups in total. The van der Waals surface area contributed by atoms with Crippen LogP contribution in [-0.2, 0) is 10.0 Å². The zero-order valence-corrected chi connectivity index (χ0v) is 12.0. The molecule has 3 rings (SSSR count). The first-order valence-corrected chi connectivity index (χ1v) is 8.00. The molecule has 1 aromatic carbocycles. The predicted molar refractivity (Wildman–Crippen MR) is 74.1 cm³/mol. The molecule has 1 aromatic heterocycles. The summed E-state index contributed by atoms with van der Waals surface area (Å²) in [7, 11) is -3.74. The molecule has 0 saturated heterocycles. The first-order chi connectivity index (χ1) is 10.1. The van der Waals surface area contributed by atoms with Gasteiger partial charge in [0.05, 0.1) is 4.90 Å². The lowest BCUT2D eigenvalue weighted by molar-refractivity contribution is 0.0951. The molecule has 0 atom stereocenters. The number of nitrogens with one attached hydrogen (secondary N) is 1. The molecule has 0 bridgehead atoms. The van der Waals surface area contributed by atoms with Crippen LogP contribution in [-0.4, -0.2) is 35.0 Å². The lowest BCUT2D eigenvalue weighted by Crippen LogP contribution is -2.25. The van der Waals surface area contributed by atoms with Gasteiger partial charge in [0.2, 0.25) is 0 Å². The van der Waals surface area contributed by atoms with Crippen molar-refractivity contribution < 1.29 is 13.2 Å². The van der Waals surface area contributed by atoms with Crippen molar-refractivity contribution in [3.63, 3.8) is 0 Å². The normalized spacial score (nSPS) is 14.9. The number of rotatable bonds is 5. The van der Waals surface area contributed by atoms with Crippen LogP contribution in [0.4, 0.5) is 0 Å². The maximum atomic E-state index is 12.2. The van der Waals surface area contributed by atoms with Crippen LogP contribution < -0.4 is 5.32 Å². The Hall–Kier alpha value is -2.22. The second kappa shape index (κ2) is 5.28. The van der Waals surface area contributed by atoms with E-state index in [2.05, 4.69) is 15.4 Å². The summed E-state index contributed by atoms with van der Waals surface area (Å²) in [6.07, 6.45) is 4.59. The molecule has 2 aromatic rings. The third-order valence-corrected chi connectivity index (χ3v) is 4.86. The molecule has 1 aliphatic rings. The Morgan fingerprint density at radius 2 is 2.00 bits per heavy atom. The van der Waals surface area contributed by atoms with Crippen LogP contribution in [0.25, 0.3) is 0 Å². The van der Waals surface area contributed by atoms with Gasteiger partial charge >= 0.3 is 0 Å². The van der Waals surface area contributed by atoms with E-state index in [0.29, 0.717) is 18.0 Å². The SMILES string of the molecule is O=C(NCC1CC1)c1ccc(S(=O)(=O)n2cncn2)cc1. The molecule has 1 fully saturated rings. The van der Waals surface area contributed by atoms with Gasteiger partial charge in [-0.1, -0.05) is 0 Å². The van der Waals surface area contributed by atoms with Crippen LogP contribution in [0.2, 0.25) is 0 Å². The summed E-state index contributed by atoms with van der Waals surface area (Å²) in [6, 6.07) is 5.77. The maximum Gasteiger partial charge on any atom is 0.284 e. The minimum Gasteiger partial charge on any atom is -0.352 e. The quantitative estimate of drug-likeness (QED) is 0.875. The van der Waals surface area contributed by atoms with E-state index in [1.54, 1.807) is 0 Å². The van der Waals surface area contributed by atoms with Crippen molar-refractivity contribution in [2.45, 2.75) is 17.7 Å². The second-order valence-electron chi connectivity index (χ2n) is 4.95. The smallest absolute Gasteiger partial charge is 0.284 e. The van der Waals surface area contributed by atoms with Crippen LogP contribution in [0.5, 0.6) is 0 Å². The zero-order valence-electron chi connectivity index (χ0n) is 11.1. The highest BCUT2D eigenvalue weighted by Gasteiger charge is 2.22. The standard InChI is InChI=1S/C13H14N4O3S/c18-13(15-7-10-1-2-10)11-3-5-12(6-4-11)21(19,20)17-9-14-8-16-17/h3-6,8-10H,1-2,7H2,(H,15,18). The fourth-order valence-corrected chi connectivity index (χ4v) is 2.91. The summed E-state index contributed by atoms with van der Waals surface area (Å²) in [5.41, 5.74) is 0.438. The molecule has 7 nitrogen and oxygen atoms in total. The number of benzene rings is 1. The van der Waals surface area contributed by atoms with Crippen molar-refractivity contribution >= 4 is 15.9 Å². The average molecular weight is 306 g/mol. The van der Waals surface area contributed by atoms with Crippen LogP contribution in [0.15, 0.2) is 41.8 Å². The molecule has 8 heteroatoms. The highest BCUT2D eigenvalue weighted by molar-refractivity contribution is 7.89. The number of carbonyl (C=O) groups excluding carboxylic acids is 1. The van der Waals surface area contributed by atoms with E-state index in [0.717, 1.165) is 29.6 Å². The Morgan fingerprint density at radius 1 is 1.29 bits per heavy atom. The van der Waals surface area contributed by atoms with Crippen molar-refractivity contribution in [2.75, 3.05) is 6.54 Å². The van der Waals surface area contributed by atoms with E-state index in [4.69, 9.17) is 0 Å². The van der Waals surface area contributed by atoms with Gasteiger partial charge in [0.25, 0.3) is 15.9 Å². The van der Waals surface area contributed by atoms with Crippen LogP contribution in [0.1, 0.15) is 23.2 Å². The summed E-state index contributed by atoms with van der Waals surface area (Å²) < 4.78 is 25.1. The molecular formula is C13H14N4O3S. The lowest BCUT2D eigenvalue weighted by Gasteiger charge is -2.06. The van der Waals surface area contributed by atoms with E-state index in [1.807, 2.05) is 0 Å². The van der Waals surface area contributed by atoms with Gasteiger partial charge < -0.3 is 5.32 Å². The van der Waals surface area contributed by atoms with Gasteiger partial charge in [0, 0.05) is 12.1 Å². The Bertz CT molecular complexity index is 734. The molecule has 0 unspecified atom stereocenters. The highest BCUT2D eigenvalue weighted by atomic mass is 32.2. The topological polar surface area (TPSA) is 94.0 Å². The third-order valence-electron chi connectivity index (χ3n) is 3.31. The van der Waals surface area contributed by atoms with Crippen LogP contribution in [0.3, 0.4) is 0 Å². The average Bonchev–Trinajstić information content (AvgIpc) is 3.15. The molecule has 1 saturated carbocycles. The predicted octanol–water partition coefficient (Wildman–Crippen LogP) is 0.655. The van der Waals surface area contributed by atoms with Crippen LogP contribution >= 0.6 is 0 Å². The van der Waals surface area contributed by atoms with Gasteiger partial charge in [-0.2, -0.15) is 8.42 Å². The van der Waals surface area contributed by atoms with Gasteiger partial charge in [-0.15, -0.1) is 9.19 Å². The van der Waals surface area contributed by atoms with Gasteiger partial charge in [-0.05, 0) is 43.0 Å². The third kappa shape index (κ3) is 2.94. The van der Waals surface area contributed by atoms with Gasteiger partial charge in [-0.25, -0.2) is 4.98 Å². The van der Waals surface area contributed by atoms with E-state index >= 15 is 0 Å². The monoisotopic (exact) mass is 306 g/mol. The number of hydrogen-bond donors (Lipinski definition) is 1. The molecular weight excluding hydrogens is 292 g/mol. The summed E-state index contributed by atoms with van der Waals surface area (Å²) in [4.78, 5) is 15.6. The van der Waals surface area contributed by atoms with E-state index < -0.39 is 10.0 Å². The first kappa shape index (κ1) is 13.7. The number of nitrogens with zero attached hydrogens (tertiary/aromatic N) is 3. The molecule has 0 spiro atoms. The fourth-order valence-electron chi connectivity index (χ4n) is 1.87. The van der Waals surface area contributed by atoms with E-state index in [1.165, 1.54) is 24.3 Å². The first-order valence-electron chi connectivity index (χ1n) is 6.56. The number of amides is 1. The molecule has 1 heterocycles. The summed E-state index contributed by atoms with van der Waals surface area (Å²) in [5.74, 6) is 0.410. The second-order valence-corrected chi connectivity index (χ2v) is 6.75. The van der Waals surface area contributed by atoms with E-state index in [9.17, 15) is 13.2 Å². The summed E-state index contributed by atoms with van der Waals surface area (Å²) in [5, 5.41) is 6.45. The van der Waals surface area contributed by atoms with Crippen molar-refractivity contribution in [1.29, 1.82) is 0 Å². The van der Waals surface area contributed by atoms with Gasteiger partial charge in [0.15, 0.2) is 0 Å². The zero-order chi connectivity index (χ0) is 14.9. The van der Waals surface area contributed by atoms with Crippen molar-refractivity contribution in [1.82, 2.24) is 19.5 Å². The summed E-state index contributed by atoms with van der Waals surface area (Å²) in [6.45, 7) is 0.678. The van der Waals surface area contributed by atoms with Crippen molar-refractivity contribution in [3.05, 3.63) is 42.5 Å². The molecule has 110 valence electrons. The largest absolute Gasteiger partial charge is 0.352 e. The molecule has 21 heavy (non-hydrogen) atoms. The highest BCUT2D eigenvalue weighted by Crippen LogP contribution is 2.27. The van der Waals surface area contributed by atoms with Gasteiger partial charge in [0.1, 0.15) is 12.7 Å². The minimum atomic E-state index is -3.74. The molecule has 0 radical (unpaired) electrons. The molecule has 1 amide bonds. The van der Waals surface area contributed by atoms with Crippen molar-refractivity contribution in [2.24, 2.45) is 5.92 Å². The Balaban J connectivity index is 1.75. The molecule has 0 aliphatic heterocycles. The maximum absolute atomic E-state index is 12.2. The van der Waals surface area contributed by atoms with Crippen LogP contribution in [0, 0.1) is 5.92 Å². The lowest BCUT2D eigenvalue weighted by atomic mass is 10.2. The van der Waals surface area contributed by atoms with Crippen molar-refractivity contribution in [3.8, 4) is 0 Å². The number of hydrogen-bond acceptors (Lipinski definition) is 5. The Kier molecular flexibility index (Phi) is 3.46. The molecule has 1 aliphatic carbocycles. The number of carbonyl (C=O) groups is 1. The Morgan fingerprint density at radius 3 is 2.57 bits per heavy atom. The van der Waals surface area contributed by atoms with Gasteiger partial charge in [-0.3, -0.25) is 4.79 Å². The summed E-state index contributed by atoms with van der Waals surface area (Å²) >= 11 is 0. The van der Waals surface area contributed by atoms with E-state index in [-0.39, 0.29) is 10.8 Å². The number of aromatic nitrogens is 3. The minimum absolute atomic E-state index is 0.0618. The Labute approximate surface area is 122 Å². The fraction of sp³-hybridized carbons (Fsp3) is 0.308.